The number of esters is 3. The van der Waals surface area contributed by atoms with Crippen molar-refractivity contribution in [2.45, 2.75) is 251 Å². The number of aliphatic hydroxyl groups is 1. The second-order valence-electron chi connectivity index (χ2n) is 18.4. The number of aliphatic hydroxyl groups excluding tert-OH is 1. The zero-order valence-electron chi connectivity index (χ0n) is 44.5. The van der Waals surface area contributed by atoms with Crippen LogP contribution in [0, 0.1) is 0 Å². The van der Waals surface area contributed by atoms with Crippen LogP contribution in [0.2, 0.25) is 0 Å². The highest BCUT2D eigenvalue weighted by Crippen LogP contribution is 2.43. The minimum atomic E-state index is -4.76. The number of phosphoric ester groups is 1. The summed E-state index contributed by atoms with van der Waals surface area (Å²) in [7, 11) is -4.76. The molecule has 0 aromatic rings. The standard InChI is InChI=1S/C58H101O11P/c1-4-7-10-13-16-19-22-24-25-26-27-28-29-31-34-37-40-43-46-49-58(62)69-55(51-65-56(60)47-44-41-38-35-32-21-18-15-12-9-6-3)53-67-70(63,64)66-52-54(50-59)68-57(61)48-45-42-39-36-33-30-23-20-17-14-11-8-5-2/h8,11,15,17-18,20,24-25,30,33,39,42,54-55,59H,4-7,9-10,12-14,16,19,21-23,26-29,31-32,34-38,40-41,43-53H2,1-3H3,(H,63,64)/b11-8-,18-15-,20-17-,25-24-,33-30-,42-39-. The number of hydrogen-bond donors (Lipinski definition) is 2. The molecular formula is C58H101O11P. The fourth-order valence-corrected chi connectivity index (χ4v) is 8.13. The summed E-state index contributed by atoms with van der Waals surface area (Å²) in [5, 5.41) is 9.77. The van der Waals surface area contributed by atoms with E-state index in [9.17, 15) is 28.9 Å². The highest BCUT2D eigenvalue weighted by Gasteiger charge is 2.28. The molecule has 11 nitrogen and oxygen atoms in total. The summed E-state index contributed by atoms with van der Waals surface area (Å²) in [4.78, 5) is 48.3. The highest BCUT2D eigenvalue weighted by atomic mass is 31.2. The van der Waals surface area contributed by atoms with Crippen LogP contribution in [-0.4, -0.2) is 66.5 Å². The van der Waals surface area contributed by atoms with E-state index in [2.05, 4.69) is 81.5 Å². The number of ether oxygens (including phenoxy) is 3. The normalized spacial score (nSPS) is 14.0. The molecule has 3 atom stereocenters. The Balaban J connectivity index is 4.75. The molecule has 70 heavy (non-hydrogen) atoms. The maximum atomic E-state index is 12.9. The van der Waals surface area contributed by atoms with Crippen molar-refractivity contribution in [3.63, 3.8) is 0 Å². The van der Waals surface area contributed by atoms with Gasteiger partial charge in [0.15, 0.2) is 6.10 Å². The van der Waals surface area contributed by atoms with E-state index in [0.717, 1.165) is 83.5 Å². The lowest BCUT2D eigenvalue weighted by Gasteiger charge is -2.21. The van der Waals surface area contributed by atoms with Crippen LogP contribution < -0.4 is 0 Å². The summed E-state index contributed by atoms with van der Waals surface area (Å²) < 4.78 is 39.3. The third-order valence-corrected chi connectivity index (χ3v) is 12.5. The first-order valence-corrected chi connectivity index (χ1v) is 29.3. The Bertz CT molecular complexity index is 1450. The lowest BCUT2D eigenvalue weighted by molar-refractivity contribution is -0.161. The molecule has 0 spiro atoms. The third kappa shape index (κ3) is 49.9. The lowest BCUT2D eigenvalue weighted by Crippen LogP contribution is -2.30. The Kier molecular flexibility index (Phi) is 50.0. The smallest absolute Gasteiger partial charge is 0.462 e. The molecule has 0 aromatic carbocycles. The van der Waals surface area contributed by atoms with Crippen LogP contribution in [0.15, 0.2) is 72.9 Å². The maximum absolute atomic E-state index is 12.9. The van der Waals surface area contributed by atoms with Gasteiger partial charge in [0.2, 0.25) is 0 Å². The Morgan fingerprint density at radius 3 is 1.27 bits per heavy atom. The number of rotatable bonds is 51. The molecule has 404 valence electrons. The van der Waals surface area contributed by atoms with Gasteiger partial charge in [-0.3, -0.25) is 23.4 Å². The molecular weight excluding hydrogens is 904 g/mol. The van der Waals surface area contributed by atoms with Crippen LogP contribution in [0.1, 0.15) is 239 Å². The first-order valence-electron chi connectivity index (χ1n) is 27.8. The fourth-order valence-electron chi connectivity index (χ4n) is 7.35. The van der Waals surface area contributed by atoms with Gasteiger partial charge in [-0.1, -0.05) is 203 Å². The number of carbonyl (C=O) groups excluding carboxylic acids is 3. The van der Waals surface area contributed by atoms with Crippen LogP contribution >= 0.6 is 7.82 Å². The van der Waals surface area contributed by atoms with Crippen LogP contribution in [0.3, 0.4) is 0 Å². The molecule has 0 aliphatic carbocycles. The topological polar surface area (TPSA) is 155 Å². The van der Waals surface area contributed by atoms with E-state index < -0.39 is 57.8 Å². The quantitative estimate of drug-likeness (QED) is 0.0197. The molecule has 0 radical (unpaired) electrons. The van der Waals surface area contributed by atoms with Gasteiger partial charge in [-0.15, -0.1) is 0 Å². The van der Waals surface area contributed by atoms with Crippen molar-refractivity contribution in [3.05, 3.63) is 72.9 Å². The highest BCUT2D eigenvalue weighted by molar-refractivity contribution is 7.47. The Morgan fingerprint density at radius 1 is 0.414 bits per heavy atom. The Morgan fingerprint density at radius 2 is 0.786 bits per heavy atom. The van der Waals surface area contributed by atoms with Gasteiger partial charge in [0.25, 0.3) is 0 Å². The number of unbranched alkanes of at least 4 members (excludes halogenated alkanes) is 22. The van der Waals surface area contributed by atoms with Crippen molar-refractivity contribution in [1.82, 2.24) is 0 Å². The van der Waals surface area contributed by atoms with Gasteiger partial charge in [-0.2, -0.15) is 0 Å². The summed E-state index contributed by atoms with van der Waals surface area (Å²) >= 11 is 0. The number of allylic oxidation sites excluding steroid dienone is 12. The van der Waals surface area contributed by atoms with Crippen molar-refractivity contribution < 1.29 is 52.2 Å². The summed E-state index contributed by atoms with van der Waals surface area (Å²) in [5.74, 6) is -1.56. The predicted molar refractivity (Wildman–Crippen MR) is 288 cm³/mol. The Labute approximate surface area is 427 Å². The van der Waals surface area contributed by atoms with Crippen molar-refractivity contribution in [2.24, 2.45) is 0 Å². The number of hydrogen-bond acceptors (Lipinski definition) is 10. The molecule has 0 aliphatic heterocycles. The largest absolute Gasteiger partial charge is 0.472 e. The van der Waals surface area contributed by atoms with Gasteiger partial charge in [0, 0.05) is 19.3 Å². The van der Waals surface area contributed by atoms with E-state index in [-0.39, 0.29) is 25.9 Å². The average Bonchev–Trinajstić information content (AvgIpc) is 3.35. The second-order valence-corrected chi connectivity index (χ2v) is 19.8. The molecule has 12 heteroatoms. The van der Waals surface area contributed by atoms with Crippen molar-refractivity contribution in [1.29, 1.82) is 0 Å². The molecule has 0 saturated heterocycles. The van der Waals surface area contributed by atoms with E-state index in [4.69, 9.17) is 23.3 Å². The number of carbonyl (C=O) groups is 3. The zero-order valence-corrected chi connectivity index (χ0v) is 45.4. The van der Waals surface area contributed by atoms with Crippen LogP contribution in [-0.2, 0) is 42.2 Å². The monoisotopic (exact) mass is 1000 g/mol. The first kappa shape index (κ1) is 66.9. The molecule has 0 saturated carbocycles. The molecule has 3 unspecified atom stereocenters. The molecule has 0 rings (SSSR count). The third-order valence-electron chi connectivity index (χ3n) is 11.6. The zero-order chi connectivity index (χ0) is 51.3. The van der Waals surface area contributed by atoms with E-state index in [0.29, 0.717) is 19.3 Å². The van der Waals surface area contributed by atoms with Gasteiger partial charge < -0.3 is 24.2 Å². The van der Waals surface area contributed by atoms with Gasteiger partial charge in [-0.25, -0.2) is 4.57 Å². The van der Waals surface area contributed by atoms with E-state index in [1.54, 1.807) is 0 Å². The van der Waals surface area contributed by atoms with Crippen molar-refractivity contribution in [2.75, 3.05) is 26.4 Å². The van der Waals surface area contributed by atoms with Gasteiger partial charge >= 0.3 is 25.7 Å². The molecule has 0 fully saturated rings. The van der Waals surface area contributed by atoms with Gasteiger partial charge in [-0.05, 0) is 89.9 Å². The van der Waals surface area contributed by atoms with Gasteiger partial charge in [0.1, 0.15) is 12.7 Å². The number of phosphoric acid groups is 1. The minimum absolute atomic E-state index is 0.0543. The summed E-state index contributed by atoms with van der Waals surface area (Å²) in [6, 6.07) is 0. The molecule has 0 bridgehead atoms. The van der Waals surface area contributed by atoms with E-state index in [1.165, 1.54) is 96.3 Å². The lowest BCUT2D eigenvalue weighted by atomic mass is 10.1. The predicted octanol–water partition coefficient (Wildman–Crippen LogP) is 16.1. The summed E-state index contributed by atoms with van der Waals surface area (Å²) in [6.45, 7) is 4.39. The minimum Gasteiger partial charge on any atom is -0.462 e. The Hall–Kier alpha value is -3.08. The molecule has 0 heterocycles. The molecule has 0 aliphatic rings. The van der Waals surface area contributed by atoms with E-state index in [1.807, 2.05) is 12.2 Å². The summed E-state index contributed by atoms with van der Waals surface area (Å²) in [5.41, 5.74) is 0. The fraction of sp³-hybridized carbons (Fsp3) is 0.741. The summed E-state index contributed by atoms with van der Waals surface area (Å²) in [6.07, 6.45) is 57.5. The van der Waals surface area contributed by atoms with Crippen molar-refractivity contribution in [3.8, 4) is 0 Å². The van der Waals surface area contributed by atoms with Crippen LogP contribution in [0.5, 0.6) is 0 Å². The van der Waals surface area contributed by atoms with Gasteiger partial charge in [0.05, 0.1) is 19.8 Å². The molecule has 0 amide bonds. The SMILES string of the molecule is CC/C=C\C/C=C\C/C=C\C/C=C\CCC(=O)OC(CO)COP(=O)(O)OCC(COC(=O)CCCCCCC/C=C\CCCC)OC(=O)CCCCCCCCCCC/C=C\CCCCCCCC. The van der Waals surface area contributed by atoms with Crippen LogP contribution in [0.25, 0.3) is 0 Å². The van der Waals surface area contributed by atoms with Crippen molar-refractivity contribution >= 4 is 25.7 Å². The van der Waals surface area contributed by atoms with E-state index >= 15 is 0 Å². The van der Waals surface area contributed by atoms with Crippen LogP contribution in [0.4, 0.5) is 0 Å². The average molecular weight is 1010 g/mol. The molecule has 0 aromatic heterocycles. The maximum Gasteiger partial charge on any atom is 0.472 e. The first-order chi connectivity index (χ1) is 34.2. The molecule has 2 N–H and O–H groups in total. The second kappa shape index (κ2) is 52.2.